The molecular weight excluding hydrogens is 710 g/mol. The molecule has 5 atom stereocenters. The van der Waals surface area contributed by atoms with Gasteiger partial charge >= 0.3 is 0 Å². The number of carbonyl (C=O) groups is 6. The van der Waals surface area contributed by atoms with E-state index in [-0.39, 0.29) is 78.3 Å². The lowest BCUT2D eigenvalue weighted by atomic mass is 9.74. The molecule has 2 aromatic rings. The third kappa shape index (κ3) is 11.0. The van der Waals surface area contributed by atoms with Crippen molar-refractivity contribution in [3.05, 3.63) is 47.6 Å². The van der Waals surface area contributed by atoms with Crippen molar-refractivity contribution >= 4 is 46.5 Å². The number of amides is 2. The summed E-state index contributed by atoms with van der Waals surface area (Å²) in [6.07, 6.45) is 11.0. The minimum atomic E-state index is -0.946. The van der Waals surface area contributed by atoms with E-state index in [0.29, 0.717) is 12.8 Å². The first-order valence-corrected chi connectivity index (χ1v) is 19.9. The van der Waals surface area contributed by atoms with Crippen LogP contribution >= 0.6 is 11.6 Å². The first-order valence-electron chi connectivity index (χ1n) is 19.5. The molecule has 3 fully saturated rings. The van der Waals surface area contributed by atoms with Crippen molar-refractivity contribution in [2.75, 3.05) is 6.54 Å². The van der Waals surface area contributed by atoms with Crippen LogP contribution < -0.4 is 10.1 Å². The van der Waals surface area contributed by atoms with Crippen molar-refractivity contribution in [1.29, 1.82) is 0 Å². The molecule has 0 bridgehead atoms. The standard InChI is InChI=1S/C41H54ClN5O7/c1-5-10-27(38(51)34(50)19-25-15-16-25)20-32(48)31-21-28(54-36-14-9-13-35(42)45-36)24-47(31)40(53)29(41(2,3)4)22-33(49)37(26-11-7-6-8-12-26)46-39(52)30-23-43-17-18-44-30/h9,13-14,17-18,23,25-29,31,37H,5-8,10-12,15-16,19-22,24H2,1-4H3,(H,46,52)/t27-,28-,29-,31+,37+/m1/s1. The van der Waals surface area contributed by atoms with Gasteiger partial charge in [0.15, 0.2) is 17.3 Å². The molecule has 2 saturated carbocycles. The number of aromatic nitrogens is 3. The molecule has 3 heterocycles. The van der Waals surface area contributed by atoms with E-state index in [1.165, 1.54) is 23.5 Å². The second-order valence-corrected chi connectivity index (χ2v) is 16.8. The average Bonchev–Trinajstić information content (AvgIpc) is 3.87. The molecule has 1 aliphatic heterocycles. The number of likely N-dealkylation sites (tertiary alicyclic amines) is 1. The molecule has 12 nitrogen and oxygen atoms in total. The highest BCUT2D eigenvalue weighted by atomic mass is 35.5. The number of Topliss-reactive ketones (excluding diaryl/α,β-unsaturated/α-hetero) is 4. The van der Waals surface area contributed by atoms with Crippen molar-refractivity contribution < 1.29 is 33.5 Å². The molecule has 1 N–H and O–H groups in total. The lowest BCUT2D eigenvalue weighted by Gasteiger charge is -2.36. The summed E-state index contributed by atoms with van der Waals surface area (Å²) in [5.74, 6) is -3.64. The van der Waals surface area contributed by atoms with Gasteiger partial charge in [0.05, 0.1) is 24.8 Å². The van der Waals surface area contributed by atoms with Crippen molar-refractivity contribution in [3.8, 4) is 5.88 Å². The summed E-state index contributed by atoms with van der Waals surface area (Å²) in [4.78, 5) is 96.7. The summed E-state index contributed by atoms with van der Waals surface area (Å²) in [5, 5.41) is 3.17. The zero-order chi connectivity index (χ0) is 39.0. The van der Waals surface area contributed by atoms with Gasteiger partial charge < -0.3 is 15.0 Å². The van der Waals surface area contributed by atoms with Gasteiger partial charge in [-0.2, -0.15) is 0 Å². The molecule has 292 valence electrons. The molecule has 54 heavy (non-hydrogen) atoms. The van der Waals surface area contributed by atoms with Crippen LogP contribution in [0.3, 0.4) is 0 Å². The van der Waals surface area contributed by atoms with Gasteiger partial charge in [0, 0.05) is 56.0 Å². The normalized spacial score (nSPS) is 20.8. The molecule has 2 amide bonds. The van der Waals surface area contributed by atoms with E-state index in [4.69, 9.17) is 16.3 Å². The van der Waals surface area contributed by atoms with Gasteiger partial charge in [-0.3, -0.25) is 33.8 Å². The molecule has 13 heteroatoms. The Kier molecular flexibility index (Phi) is 14.1. The Hall–Kier alpha value is -4.06. The Morgan fingerprint density at radius 3 is 2.37 bits per heavy atom. The highest BCUT2D eigenvalue weighted by molar-refractivity contribution is 6.38. The number of hydrogen-bond donors (Lipinski definition) is 1. The van der Waals surface area contributed by atoms with Gasteiger partial charge in [-0.15, -0.1) is 0 Å². The molecule has 3 aliphatic rings. The van der Waals surface area contributed by atoms with Crippen molar-refractivity contribution in [3.63, 3.8) is 0 Å². The third-order valence-electron chi connectivity index (χ3n) is 11.1. The second kappa shape index (κ2) is 18.5. The van der Waals surface area contributed by atoms with E-state index in [1.54, 1.807) is 18.2 Å². The van der Waals surface area contributed by atoms with Crippen LogP contribution in [0.5, 0.6) is 5.88 Å². The SMILES string of the molecule is CCC[C@H](CC(=O)[C@@H]1C[C@@H](Oc2cccc(Cl)n2)CN1C(=O)[C@@H](CC(=O)[C@@H](NC(=O)c1cnccn1)C1CCCCC1)C(C)(C)C)C(=O)C(=O)CC1CC1. The Balaban J connectivity index is 1.40. The maximum absolute atomic E-state index is 14.8. The molecule has 0 aromatic carbocycles. The van der Waals surface area contributed by atoms with Crippen LogP contribution in [0, 0.1) is 29.1 Å². The summed E-state index contributed by atoms with van der Waals surface area (Å²) < 4.78 is 6.17. The van der Waals surface area contributed by atoms with Crippen molar-refractivity contribution in [1.82, 2.24) is 25.2 Å². The monoisotopic (exact) mass is 763 g/mol. The van der Waals surface area contributed by atoms with Crippen molar-refractivity contribution in [2.24, 2.45) is 29.1 Å². The van der Waals surface area contributed by atoms with Crippen LogP contribution in [0.1, 0.15) is 122 Å². The van der Waals surface area contributed by atoms with Crippen molar-refractivity contribution in [2.45, 2.75) is 129 Å². The topological polar surface area (TPSA) is 166 Å². The molecule has 0 unspecified atom stereocenters. The number of halogens is 1. The highest BCUT2D eigenvalue weighted by Crippen LogP contribution is 2.37. The summed E-state index contributed by atoms with van der Waals surface area (Å²) in [6.45, 7) is 7.61. The Labute approximate surface area is 323 Å². The number of pyridine rings is 1. The first-order chi connectivity index (χ1) is 25.7. The van der Waals surface area contributed by atoms with Crippen LogP contribution in [0.4, 0.5) is 0 Å². The number of nitrogens with zero attached hydrogens (tertiary/aromatic N) is 4. The lowest BCUT2D eigenvalue weighted by molar-refractivity contribution is -0.147. The maximum atomic E-state index is 14.8. The van der Waals surface area contributed by atoms with Crippen LogP contribution in [0.2, 0.25) is 5.15 Å². The molecule has 2 aliphatic carbocycles. The highest BCUT2D eigenvalue weighted by Gasteiger charge is 2.47. The fraction of sp³-hybridized carbons (Fsp3) is 0.634. The van der Waals surface area contributed by atoms with Gasteiger partial charge in [-0.05, 0) is 55.4 Å². The predicted molar refractivity (Wildman–Crippen MR) is 202 cm³/mol. The Morgan fingerprint density at radius 2 is 1.74 bits per heavy atom. The minimum Gasteiger partial charge on any atom is -0.472 e. The second-order valence-electron chi connectivity index (χ2n) is 16.4. The molecule has 0 spiro atoms. The maximum Gasteiger partial charge on any atom is 0.272 e. The predicted octanol–water partition coefficient (Wildman–Crippen LogP) is 6.19. The van der Waals surface area contributed by atoms with E-state index in [9.17, 15) is 28.8 Å². The molecule has 0 radical (unpaired) electrons. The van der Waals surface area contributed by atoms with E-state index >= 15 is 0 Å². The Morgan fingerprint density at radius 1 is 1.00 bits per heavy atom. The van der Waals surface area contributed by atoms with Gasteiger partial charge in [-0.1, -0.05) is 71.0 Å². The number of ether oxygens (including phenoxy) is 1. The number of rotatable bonds is 18. The van der Waals surface area contributed by atoms with Gasteiger partial charge in [0.25, 0.3) is 5.91 Å². The number of carbonyl (C=O) groups excluding carboxylic acids is 6. The van der Waals surface area contributed by atoms with Crippen LogP contribution in [0.15, 0.2) is 36.8 Å². The molecule has 5 rings (SSSR count). The van der Waals surface area contributed by atoms with Crippen LogP contribution in [-0.4, -0.2) is 79.5 Å². The number of ketones is 4. The van der Waals surface area contributed by atoms with E-state index in [2.05, 4.69) is 20.3 Å². The van der Waals surface area contributed by atoms with Gasteiger partial charge in [-0.25, -0.2) is 9.97 Å². The fourth-order valence-electron chi connectivity index (χ4n) is 7.88. The Bertz CT molecular complexity index is 1670. The largest absolute Gasteiger partial charge is 0.472 e. The summed E-state index contributed by atoms with van der Waals surface area (Å²) in [6, 6.07) is 3.18. The average molecular weight is 764 g/mol. The van der Waals surface area contributed by atoms with E-state index in [1.807, 2.05) is 27.7 Å². The lowest BCUT2D eigenvalue weighted by Crippen LogP contribution is -2.51. The third-order valence-corrected chi connectivity index (χ3v) is 11.3. The fourth-order valence-corrected chi connectivity index (χ4v) is 8.03. The molecule has 2 aromatic heterocycles. The van der Waals surface area contributed by atoms with Gasteiger partial charge in [0.2, 0.25) is 17.6 Å². The summed E-state index contributed by atoms with van der Waals surface area (Å²) >= 11 is 6.12. The van der Waals surface area contributed by atoms with Gasteiger partial charge in [0.1, 0.15) is 17.0 Å². The zero-order valence-corrected chi connectivity index (χ0v) is 32.7. The smallest absolute Gasteiger partial charge is 0.272 e. The zero-order valence-electron chi connectivity index (χ0n) is 31.9. The molecule has 1 saturated heterocycles. The summed E-state index contributed by atoms with van der Waals surface area (Å²) in [5.41, 5.74) is -0.613. The van der Waals surface area contributed by atoms with Crippen LogP contribution in [-0.2, 0) is 24.0 Å². The van der Waals surface area contributed by atoms with E-state index < -0.39 is 52.9 Å². The first kappa shape index (κ1) is 41.1. The number of nitrogens with one attached hydrogen (secondary N) is 1. The quantitative estimate of drug-likeness (QED) is 0.137. The summed E-state index contributed by atoms with van der Waals surface area (Å²) in [7, 11) is 0. The number of hydrogen-bond acceptors (Lipinski definition) is 10. The van der Waals surface area contributed by atoms with Crippen LogP contribution in [0.25, 0.3) is 0 Å². The minimum absolute atomic E-state index is 0.0483. The molecular formula is C41H54ClN5O7. The van der Waals surface area contributed by atoms with E-state index in [0.717, 1.165) is 44.9 Å².